The molecule has 1 aromatic heterocycles. The van der Waals surface area contributed by atoms with Crippen LogP contribution >= 0.6 is 11.3 Å². The van der Waals surface area contributed by atoms with E-state index < -0.39 is 0 Å². The molecule has 0 bridgehead atoms. The van der Waals surface area contributed by atoms with Crippen LogP contribution in [0.2, 0.25) is 0 Å². The van der Waals surface area contributed by atoms with Crippen molar-refractivity contribution >= 4 is 28.3 Å². The van der Waals surface area contributed by atoms with E-state index in [0.29, 0.717) is 37.9 Å². The van der Waals surface area contributed by atoms with Gasteiger partial charge in [-0.1, -0.05) is 0 Å². The number of carbonyl (C=O) groups excluding carboxylic acids is 2. The fourth-order valence-electron chi connectivity index (χ4n) is 2.97. The zero-order valence-electron chi connectivity index (χ0n) is 13.2. The van der Waals surface area contributed by atoms with Crippen LogP contribution in [-0.2, 0) is 14.3 Å². The monoisotopic (exact) mass is 338 g/mol. The number of nitrogens with zero attached hydrogens (tertiary/aromatic N) is 3. The molecule has 8 heteroatoms. The maximum absolute atomic E-state index is 12.3. The predicted octanol–water partition coefficient (Wildman–Crippen LogP) is 0.793. The first-order valence-corrected chi connectivity index (χ1v) is 8.88. The lowest BCUT2D eigenvalue weighted by molar-refractivity contribution is -0.143. The molecule has 0 radical (unpaired) electrons. The highest BCUT2D eigenvalue weighted by Gasteiger charge is 2.32. The zero-order chi connectivity index (χ0) is 16.2. The molecule has 23 heavy (non-hydrogen) atoms. The minimum Gasteiger partial charge on any atom is -0.368 e. The molecule has 2 aliphatic rings. The second kappa shape index (κ2) is 7.37. The Labute approximate surface area is 139 Å². The standard InChI is InChI=1S/C15H22N4O3S/c1-11(13(20)17-15-16-4-10-23-15)18-5-7-19(8-6-18)14(21)12-3-2-9-22-12/h4,10-12H,2-3,5-9H2,1H3,(H,16,17,20). The van der Waals surface area contributed by atoms with E-state index in [-0.39, 0.29) is 24.0 Å². The summed E-state index contributed by atoms with van der Waals surface area (Å²) in [6.45, 7) is 5.27. The van der Waals surface area contributed by atoms with Crippen molar-refractivity contribution in [1.82, 2.24) is 14.8 Å². The number of anilines is 1. The number of hydrogen-bond donors (Lipinski definition) is 1. The van der Waals surface area contributed by atoms with Gasteiger partial charge in [0.1, 0.15) is 6.10 Å². The van der Waals surface area contributed by atoms with Gasteiger partial charge in [-0.3, -0.25) is 14.5 Å². The SMILES string of the molecule is CC(C(=O)Nc1nccs1)N1CCN(C(=O)C2CCCO2)CC1. The topological polar surface area (TPSA) is 74.8 Å². The van der Waals surface area contributed by atoms with E-state index >= 15 is 0 Å². The quantitative estimate of drug-likeness (QED) is 0.879. The molecule has 3 rings (SSSR count). The average molecular weight is 338 g/mol. The first-order chi connectivity index (χ1) is 11.1. The molecule has 0 spiro atoms. The zero-order valence-corrected chi connectivity index (χ0v) is 14.1. The van der Waals surface area contributed by atoms with Crippen molar-refractivity contribution in [2.45, 2.75) is 31.9 Å². The van der Waals surface area contributed by atoms with Gasteiger partial charge >= 0.3 is 0 Å². The molecule has 3 heterocycles. The van der Waals surface area contributed by atoms with Gasteiger partial charge in [0.25, 0.3) is 5.91 Å². The van der Waals surface area contributed by atoms with Gasteiger partial charge in [-0.25, -0.2) is 4.98 Å². The van der Waals surface area contributed by atoms with Crippen LogP contribution in [0.4, 0.5) is 5.13 Å². The van der Waals surface area contributed by atoms with Crippen molar-refractivity contribution in [1.29, 1.82) is 0 Å². The first kappa shape index (κ1) is 16.4. The molecule has 1 aromatic rings. The Kier molecular flexibility index (Phi) is 5.24. The van der Waals surface area contributed by atoms with E-state index in [9.17, 15) is 9.59 Å². The van der Waals surface area contributed by atoms with Gasteiger partial charge in [0.2, 0.25) is 5.91 Å². The molecule has 2 fully saturated rings. The molecule has 126 valence electrons. The Balaban J connectivity index is 1.48. The van der Waals surface area contributed by atoms with Crippen LogP contribution in [0.15, 0.2) is 11.6 Å². The van der Waals surface area contributed by atoms with E-state index in [1.807, 2.05) is 17.2 Å². The lowest BCUT2D eigenvalue weighted by Gasteiger charge is -2.38. The third-order valence-electron chi connectivity index (χ3n) is 4.42. The van der Waals surface area contributed by atoms with Crippen LogP contribution in [-0.4, -0.2) is 71.5 Å². The number of ether oxygens (including phenoxy) is 1. The summed E-state index contributed by atoms with van der Waals surface area (Å²) >= 11 is 1.41. The van der Waals surface area contributed by atoms with Gasteiger partial charge < -0.3 is 15.0 Å². The van der Waals surface area contributed by atoms with Crippen LogP contribution in [0, 0.1) is 0 Å². The lowest BCUT2D eigenvalue weighted by atomic mass is 10.1. The molecule has 2 unspecified atom stereocenters. The van der Waals surface area contributed by atoms with E-state index in [1.165, 1.54) is 11.3 Å². The van der Waals surface area contributed by atoms with Crippen LogP contribution in [0.25, 0.3) is 0 Å². The van der Waals surface area contributed by atoms with Crippen LogP contribution in [0.5, 0.6) is 0 Å². The van der Waals surface area contributed by atoms with Crippen LogP contribution in [0.1, 0.15) is 19.8 Å². The van der Waals surface area contributed by atoms with Gasteiger partial charge in [-0.15, -0.1) is 11.3 Å². The number of hydrogen-bond acceptors (Lipinski definition) is 6. The molecule has 2 saturated heterocycles. The maximum atomic E-state index is 12.3. The predicted molar refractivity (Wildman–Crippen MR) is 87.3 cm³/mol. The summed E-state index contributed by atoms with van der Waals surface area (Å²) in [7, 11) is 0. The number of amides is 2. The lowest BCUT2D eigenvalue weighted by Crippen LogP contribution is -2.55. The molecule has 1 N–H and O–H groups in total. The number of aromatic nitrogens is 1. The highest BCUT2D eigenvalue weighted by atomic mass is 32.1. The van der Waals surface area contributed by atoms with Crippen LogP contribution in [0.3, 0.4) is 0 Å². The highest BCUT2D eigenvalue weighted by molar-refractivity contribution is 7.13. The Morgan fingerprint density at radius 1 is 1.39 bits per heavy atom. The van der Waals surface area contributed by atoms with Crippen LogP contribution < -0.4 is 5.32 Å². The third kappa shape index (κ3) is 3.88. The fraction of sp³-hybridized carbons (Fsp3) is 0.667. The third-order valence-corrected chi connectivity index (χ3v) is 5.11. The molecular formula is C15H22N4O3S. The number of piperazine rings is 1. The van der Waals surface area contributed by atoms with Crippen molar-refractivity contribution in [3.05, 3.63) is 11.6 Å². The second-order valence-corrected chi connectivity index (χ2v) is 6.76. The van der Waals surface area contributed by atoms with Crippen molar-refractivity contribution in [2.75, 3.05) is 38.1 Å². The van der Waals surface area contributed by atoms with Crippen molar-refractivity contribution in [2.24, 2.45) is 0 Å². The average Bonchev–Trinajstić information content (AvgIpc) is 3.27. The Hall–Kier alpha value is -1.51. The molecule has 2 atom stereocenters. The number of thiazole rings is 1. The summed E-state index contributed by atoms with van der Waals surface area (Å²) in [6, 6.07) is -0.237. The van der Waals surface area contributed by atoms with Gasteiger partial charge in [0.05, 0.1) is 6.04 Å². The van der Waals surface area contributed by atoms with Crippen molar-refractivity contribution in [3.63, 3.8) is 0 Å². The second-order valence-electron chi connectivity index (χ2n) is 5.87. The molecule has 7 nitrogen and oxygen atoms in total. The summed E-state index contributed by atoms with van der Waals surface area (Å²) in [5.74, 6) is 0.0425. The van der Waals surface area contributed by atoms with Crippen molar-refractivity contribution < 1.29 is 14.3 Å². The van der Waals surface area contributed by atoms with E-state index in [1.54, 1.807) is 6.20 Å². The molecule has 0 aromatic carbocycles. The summed E-state index contributed by atoms with van der Waals surface area (Å²) in [5, 5.41) is 5.27. The molecule has 0 aliphatic carbocycles. The highest BCUT2D eigenvalue weighted by Crippen LogP contribution is 2.17. The largest absolute Gasteiger partial charge is 0.368 e. The molecular weight excluding hydrogens is 316 g/mol. The van der Waals surface area contributed by atoms with Gasteiger partial charge in [-0.05, 0) is 19.8 Å². The molecule has 0 saturated carbocycles. The first-order valence-electron chi connectivity index (χ1n) is 8.00. The fourth-order valence-corrected chi connectivity index (χ4v) is 3.50. The summed E-state index contributed by atoms with van der Waals surface area (Å²) in [4.78, 5) is 32.6. The Bertz CT molecular complexity index is 537. The molecule has 2 aliphatic heterocycles. The van der Waals surface area contributed by atoms with Gasteiger partial charge in [-0.2, -0.15) is 0 Å². The molecule has 2 amide bonds. The normalized spacial score (nSPS) is 23.7. The van der Waals surface area contributed by atoms with Crippen molar-refractivity contribution in [3.8, 4) is 0 Å². The van der Waals surface area contributed by atoms with E-state index in [0.717, 1.165) is 12.8 Å². The van der Waals surface area contributed by atoms with E-state index in [2.05, 4.69) is 15.2 Å². The number of carbonyl (C=O) groups is 2. The smallest absolute Gasteiger partial charge is 0.251 e. The minimum atomic E-state index is -0.257. The summed E-state index contributed by atoms with van der Waals surface area (Å²) < 4.78 is 5.46. The number of rotatable bonds is 4. The maximum Gasteiger partial charge on any atom is 0.251 e. The number of nitrogens with one attached hydrogen (secondary N) is 1. The Morgan fingerprint density at radius 2 is 2.17 bits per heavy atom. The summed E-state index contributed by atoms with van der Waals surface area (Å²) in [5.41, 5.74) is 0. The van der Waals surface area contributed by atoms with Gasteiger partial charge in [0.15, 0.2) is 5.13 Å². The van der Waals surface area contributed by atoms with Gasteiger partial charge in [0, 0.05) is 44.4 Å². The summed E-state index contributed by atoms with van der Waals surface area (Å²) in [6.07, 6.45) is 3.20. The minimum absolute atomic E-state index is 0.0566. The Morgan fingerprint density at radius 3 is 2.78 bits per heavy atom. The van der Waals surface area contributed by atoms with E-state index in [4.69, 9.17) is 4.74 Å².